The molecule has 1 aromatic rings. The Kier molecular flexibility index (Phi) is 2.84. The first-order valence-corrected chi connectivity index (χ1v) is 4.08. The number of aliphatic hydroxyl groups excluding tert-OH is 1. The molecule has 0 aliphatic carbocycles. The Morgan fingerprint density at radius 2 is 1.50 bits per heavy atom. The third-order valence-electron chi connectivity index (χ3n) is 1.90. The van der Waals surface area contributed by atoms with Crippen molar-refractivity contribution >= 4 is 0 Å². The fourth-order valence-corrected chi connectivity index (χ4v) is 1.27. The van der Waals surface area contributed by atoms with Crippen molar-refractivity contribution in [2.24, 2.45) is 0 Å². The highest BCUT2D eigenvalue weighted by Gasteiger charge is 2.10. The van der Waals surface area contributed by atoms with Gasteiger partial charge >= 0.3 is 0 Å². The third-order valence-corrected chi connectivity index (χ3v) is 1.90. The molecule has 12 heavy (non-hydrogen) atoms. The molecule has 0 bridgehead atoms. The van der Waals surface area contributed by atoms with Gasteiger partial charge < -0.3 is 10.2 Å². The molecule has 0 spiro atoms. The van der Waals surface area contributed by atoms with Crippen molar-refractivity contribution in [1.29, 1.82) is 0 Å². The SMILES string of the molecule is CC(C)c1ccccc1C(O)O. The van der Waals surface area contributed by atoms with Crippen LogP contribution in [0.15, 0.2) is 24.3 Å². The van der Waals surface area contributed by atoms with E-state index in [1.807, 2.05) is 26.0 Å². The van der Waals surface area contributed by atoms with Crippen molar-refractivity contribution < 1.29 is 10.2 Å². The zero-order chi connectivity index (χ0) is 9.14. The van der Waals surface area contributed by atoms with E-state index in [9.17, 15) is 0 Å². The lowest BCUT2D eigenvalue weighted by atomic mass is 9.97. The van der Waals surface area contributed by atoms with E-state index < -0.39 is 6.29 Å². The smallest absolute Gasteiger partial charge is 0.178 e. The van der Waals surface area contributed by atoms with Crippen molar-refractivity contribution in [2.45, 2.75) is 26.1 Å². The van der Waals surface area contributed by atoms with Crippen molar-refractivity contribution in [2.75, 3.05) is 0 Å². The van der Waals surface area contributed by atoms with E-state index >= 15 is 0 Å². The lowest BCUT2D eigenvalue weighted by molar-refractivity contribution is -0.0432. The molecule has 0 saturated carbocycles. The second-order valence-electron chi connectivity index (χ2n) is 3.16. The first kappa shape index (κ1) is 9.23. The van der Waals surface area contributed by atoms with Gasteiger partial charge in [0, 0.05) is 5.56 Å². The Morgan fingerprint density at radius 3 is 1.83 bits per heavy atom. The van der Waals surface area contributed by atoms with E-state index in [0.29, 0.717) is 11.5 Å². The Bertz CT molecular complexity index is 227. The fraction of sp³-hybridized carbons (Fsp3) is 0.400. The molecule has 1 aromatic carbocycles. The first-order chi connectivity index (χ1) is 5.63. The summed E-state index contributed by atoms with van der Waals surface area (Å²) in [6, 6.07) is 7.36. The molecule has 0 aromatic heterocycles. The summed E-state index contributed by atoms with van der Waals surface area (Å²) in [4.78, 5) is 0. The van der Waals surface area contributed by atoms with Crippen LogP contribution in [-0.2, 0) is 0 Å². The molecule has 0 unspecified atom stereocenters. The molecule has 1 rings (SSSR count). The van der Waals surface area contributed by atoms with Crippen LogP contribution in [-0.4, -0.2) is 10.2 Å². The van der Waals surface area contributed by atoms with E-state index in [1.54, 1.807) is 12.1 Å². The van der Waals surface area contributed by atoms with Gasteiger partial charge in [0.05, 0.1) is 0 Å². The summed E-state index contributed by atoms with van der Waals surface area (Å²) in [5, 5.41) is 18.0. The monoisotopic (exact) mass is 166 g/mol. The minimum atomic E-state index is -1.36. The summed E-state index contributed by atoms with van der Waals surface area (Å²) >= 11 is 0. The molecular weight excluding hydrogens is 152 g/mol. The highest BCUT2D eigenvalue weighted by molar-refractivity contribution is 5.30. The molecule has 66 valence electrons. The summed E-state index contributed by atoms with van der Waals surface area (Å²) in [6.45, 7) is 4.06. The van der Waals surface area contributed by atoms with E-state index in [0.717, 1.165) is 5.56 Å². The lowest BCUT2D eigenvalue weighted by Gasteiger charge is -2.13. The van der Waals surface area contributed by atoms with Gasteiger partial charge in [-0.3, -0.25) is 0 Å². The van der Waals surface area contributed by atoms with Crippen molar-refractivity contribution in [3.05, 3.63) is 35.4 Å². The van der Waals surface area contributed by atoms with Gasteiger partial charge in [0.2, 0.25) is 0 Å². The molecule has 0 aliphatic rings. The molecule has 2 N–H and O–H groups in total. The second-order valence-corrected chi connectivity index (χ2v) is 3.16. The highest BCUT2D eigenvalue weighted by Crippen LogP contribution is 2.22. The number of rotatable bonds is 2. The van der Waals surface area contributed by atoms with E-state index in [2.05, 4.69) is 0 Å². The van der Waals surface area contributed by atoms with Gasteiger partial charge in [-0.05, 0) is 11.5 Å². The Morgan fingerprint density at radius 1 is 1.00 bits per heavy atom. The van der Waals surface area contributed by atoms with Gasteiger partial charge in [-0.2, -0.15) is 0 Å². The predicted molar refractivity (Wildman–Crippen MR) is 47.7 cm³/mol. The van der Waals surface area contributed by atoms with Crippen LogP contribution < -0.4 is 0 Å². The van der Waals surface area contributed by atoms with E-state index in [-0.39, 0.29) is 0 Å². The molecule has 0 heterocycles. The average molecular weight is 166 g/mol. The molecule has 2 heteroatoms. The van der Waals surface area contributed by atoms with E-state index in [4.69, 9.17) is 10.2 Å². The molecule has 0 fully saturated rings. The van der Waals surface area contributed by atoms with Gasteiger partial charge in [-0.25, -0.2) is 0 Å². The van der Waals surface area contributed by atoms with Crippen LogP contribution in [0.5, 0.6) is 0 Å². The highest BCUT2D eigenvalue weighted by atomic mass is 16.5. The molecule has 0 atom stereocenters. The molecule has 0 aliphatic heterocycles. The van der Waals surface area contributed by atoms with Crippen molar-refractivity contribution in [3.63, 3.8) is 0 Å². The number of hydrogen-bond donors (Lipinski definition) is 2. The Hall–Kier alpha value is -0.860. The van der Waals surface area contributed by atoms with Crippen LogP contribution in [0.3, 0.4) is 0 Å². The molecular formula is C10H14O2. The zero-order valence-corrected chi connectivity index (χ0v) is 7.36. The second kappa shape index (κ2) is 3.70. The van der Waals surface area contributed by atoms with Gasteiger partial charge in [-0.1, -0.05) is 38.1 Å². The molecule has 0 radical (unpaired) electrons. The van der Waals surface area contributed by atoms with Gasteiger partial charge in [0.25, 0.3) is 0 Å². The van der Waals surface area contributed by atoms with E-state index in [1.165, 1.54) is 0 Å². The third kappa shape index (κ3) is 1.84. The van der Waals surface area contributed by atoms with Crippen LogP contribution in [0, 0.1) is 0 Å². The fourth-order valence-electron chi connectivity index (χ4n) is 1.27. The normalized spacial score (nSPS) is 11.2. The summed E-state index contributed by atoms with van der Waals surface area (Å²) in [6.07, 6.45) is -1.36. The maximum absolute atomic E-state index is 9.01. The molecule has 0 saturated heterocycles. The number of aliphatic hydroxyl groups is 2. The van der Waals surface area contributed by atoms with Gasteiger partial charge in [0.1, 0.15) is 0 Å². The summed E-state index contributed by atoms with van der Waals surface area (Å²) < 4.78 is 0. The number of hydrogen-bond acceptors (Lipinski definition) is 2. The van der Waals surface area contributed by atoms with Gasteiger partial charge in [-0.15, -0.1) is 0 Å². The van der Waals surface area contributed by atoms with Crippen LogP contribution in [0.1, 0.15) is 37.2 Å². The van der Waals surface area contributed by atoms with Crippen LogP contribution in [0.25, 0.3) is 0 Å². The van der Waals surface area contributed by atoms with Gasteiger partial charge in [0.15, 0.2) is 6.29 Å². The minimum Gasteiger partial charge on any atom is -0.364 e. The molecule has 0 amide bonds. The quantitative estimate of drug-likeness (QED) is 0.657. The standard InChI is InChI=1S/C10H14O2/c1-7(2)8-5-3-4-6-9(8)10(11)12/h3-7,10-12H,1-2H3. The topological polar surface area (TPSA) is 40.5 Å². The molecule has 2 nitrogen and oxygen atoms in total. The Labute approximate surface area is 72.5 Å². The van der Waals surface area contributed by atoms with Crippen LogP contribution >= 0.6 is 0 Å². The zero-order valence-electron chi connectivity index (χ0n) is 7.36. The average Bonchev–Trinajstić information content (AvgIpc) is 2.04. The summed E-state index contributed by atoms with van der Waals surface area (Å²) in [7, 11) is 0. The minimum absolute atomic E-state index is 0.322. The van der Waals surface area contributed by atoms with Crippen molar-refractivity contribution in [3.8, 4) is 0 Å². The number of benzene rings is 1. The maximum atomic E-state index is 9.01. The first-order valence-electron chi connectivity index (χ1n) is 4.08. The summed E-state index contributed by atoms with van der Waals surface area (Å²) in [5.41, 5.74) is 1.60. The maximum Gasteiger partial charge on any atom is 0.178 e. The lowest BCUT2D eigenvalue weighted by Crippen LogP contribution is -2.01. The van der Waals surface area contributed by atoms with Crippen LogP contribution in [0.2, 0.25) is 0 Å². The van der Waals surface area contributed by atoms with Crippen molar-refractivity contribution in [1.82, 2.24) is 0 Å². The Balaban J connectivity index is 3.09. The van der Waals surface area contributed by atoms with Crippen LogP contribution in [0.4, 0.5) is 0 Å². The summed E-state index contributed by atoms with van der Waals surface area (Å²) in [5.74, 6) is 0.322. The largest absolute Gasteiger partial charge is 0.364 e. The predicted octanol–water partition coefficient (Wildman–Crippen LogP) is 1.79.